The Hall–Kier alpha value is -2.71. The zero-order chi connectivity index (χ0) is 16.7. The van der Waals surface area contributed by atoms with E-state index in [1.165, 1.54) is 7.11 Å². The number of carbonyl (C=O) groups excluding carboxylic acids is 1. The van der Waals surface area contributed by atoms with E-state index in [4.69, 9.17) is 10.00 Å². The monoisotopic (exact) mass is 309 g/mol. The number of aromatic nitrogens is 1. The Morgan fingerprint density at radius 3 is 2.74 bits per heavy atom. The van der Waals surface area contributed by atoms with Gasteiger partial charge in [-0.2, -0.15) is 5.26 Å². The van der Waals surface area contributed by atoms with Gasteiger partial charge in [-0.25, -0.2) is 0 Å². The third kappa shape index (κ3) is 4.38. The van der Waals surface area contributed by atoms with E-state index in [2.05, 4.69) is 16.4 Å². The topological polar surface area (TPSA) is 75.0 Å². The van der Waals surface area contributed by atoms with Gasteiger partial charge in [-0.05, 0) is 42.3 Å². The highest BCUT2D eigenvalue weighted by Crippen LogP contribution is 2.25. The van der Waals surface area contributed by atoms with Gasteiger partial charge >= 0.3 is 5.97 Å². The number of carbonyl (C=O) groups is 1. The first kappa shape index (κ1) is 16.7. The largest absolute Gasteiger partial charge is 0.469 e. The second-order valence-corrected chi connectivity index (χ2v) is 5.49. The first-order chi connectivity index (χ1) is 11.1. The van der Waals surface area contributed by atoms with Crippen LogP contribution in [0, 0.1) is 11.3 Å². The van der Waals surface area contributed by atoms with Crippen LogP contribution in [0.4, 0.5) is 0 Å². The number of hydrogen-bond donors (Lipinski definition) is 1. The van der Waals surface area contributed by atoms with Gasteiger partial charge in [0.05, 0.1) is 30.7 Å². The van der Waals surface area contributed by atoms with E-state index in [9.17, 15) is 4.79 Å². The van der Waals surface area contributed by atoms with Gasteiger partial charge in [-0.3, -0.25) is 9.78 Å². The van der Waals surface area contributed by atoms with E-state index in [0.29, 0.717) is 12.1 Å². The number of ether oxygens (including phenoxy) is 1. The molecule has 0 fully saturated rings. The minimum atomic E-state index is -0.585. The average Bonchev–Trinajstić information content (AvgIpc) is 2.61. The van der Waals surface area contributed by atoms with Crippen molar-refractivity contribution >= 4 is 5.97 Å². The van der Waals surface area contributed by atoms with E-state index in [0.717, 1.165) is 11.1 Å². The maximum absolute atomic E-state index is 11.8. The van der Waals surface area contributed by atoms with Gasteiger partial charge in [0.1, 0.15) is 0 Å². The van der Waals surface area contributed by atoms with Crippen molar-refractivity contribution in [3.63, 3.8) is 0 Å². The lowest BCUT2D eigenvalue weighted by Crippen LogP contribution is -2.41. The van der Waals surface area contributed by atoms with Gasteiger partial charge in [0.15, 0.2) is 0 Å². The summed E-state index contributed by atoms with van der Waals surface area (Å²) in [6.07, 6.45) is 3.59. The van der Waals surface area contributed by atoms with Crippen LogP contribution in [0.1, 0.15) is 30.0 Å². The Morgan fingerprint density at radius 2 is 2.09 bits per heavy atom. The molecule has 1 heterocycles. The summed E-state index contributed by atoms with van der Waals surface area (Å²) < 4.78 is 4.82. The van der Waals surface area contributed by atoms with Crippen LogP contribution < -0.4 is 5.32 Å². The number of nitrogens with zero attached hydrogens (tertiary/aromatic N) is 2. The highest BCUT2D eigenvalue weighted by molar-refractivity contribution is 5.71. The van der Waals surface area contributed by atoms with Crippen molar-refractivity contribution in [3.8, 4) is 6.07 Å². The summed E-state index contributed by atoms with van der Waals surface area (Å²) >= 11 is 0. The Labute approximate surface area is 135 Å². The van der Waals surface area contributed by atoms with E-state index in [1.54, 1.807) is 18.5 Å². The fourth-order valence-electron chi connectivity index (χ4n) is 2.40. The molecule has 0 saturated heterocycles. The predicted octanol–water partition coefficient (Wildman–Crippen LogP) is 2.52. The highest BCUT2D eigenvalue weighted by Gasteiger charge is 2.29. The molecular formula is C18H19N3O2. The van der Waals surface area contributed by atoms with Crippen molar-refractivity contribution in [1.29, 1.82) is 5.26 Å². The van der Waals surface area contributed by atoms with E-state index in [1.807, 2.05) is 37.3 Å². The smallest absolute Gasteiger partial charge is 0.307 e. The Kier molecular flexibility index (Phi) is 5.45. The second-order valence-electron chi connectivity index (χ2n) is 5.49. The summed E-state index contributed by atoms with van der Waals surface area (Å²) in [6, 6.07) is 13.3. The summed E-state index contributed by atoms with van der Waals surface area (Å²) in [5, 5.41) is 12.4. The molecule has 118 valence electrons. The number of rotatable bonds is 6. The fourth-order valence-corrected chi connectivity index (χ4v) is 2.40. The first-order valence-corrected chi connectivity index (χ1v) is 7.29. The molecule has 0 bridgehead atoms. The van der Waals surface area contributed by atoms with Crippen LogP contribution in [0.2, 0.25) is 0 Å². The first-order valence-electron chi connectivity index (χ1n) is 7.29. The molecule has 1 aromatic heterocycles. The molecule has 2 rings (SSSR count). The van der Waals surface area contributed by atoms with Crippen LogP contribution in [0.15, 0.2) is 48.8 Å². The number of pyridine rings is 1. The lowest BCUT2D eigenvalue weighted by atomic mass is 9.89. The number of methoxy groups -OCH3 is 1. The van der Waals surface area contributed by atoms with E-state index >= 15 is 0 Å². The van der Waals surface area contributed by atoms with Crippen LogP contribution in [-0.2, 0) is 21.6 Å². The minimum absolute atomic E-state index is 0.200. The molecule has 1 atom stereocenters. The molecule has 1 unspecified atom stereocenters. The molecule has 5 nitrogen and oxygen atoms in total. The molecule has 0 aliphatic rings. The van der Waals surface area contributed by atoms with Crippen molar-refractivity contribution in [2.24, 2.45) is 0 Å². The van der Waals surface area contributed by atoms with Gasteiger partial charge in [0.2, 0.25) is 0 Å². The zero-order valence-corrected chi connectivity index (χ0v) is 13.2. The number of esters is 1. The summed E-state index contributed by atoms with van der Waals surface area (Å²) in [6.45, 7) is 2.48. The number of hydrogen-bond acceptors (Lipinski definition) is 5. The fraction of sp³-hybridized carbons (Fsp3) is 0.278. The normalized spacial score (nSPS) is 12.9. The van der Waals surface area contributed by atoms with Crippen LogP contribution >= 0.6 is 0 Å². The molecule has 23 heavy (non-hydrogen) atoms. The Balaban J connectivity index is 2.21. The van der Waals surface area contributed by atoms with Gasteiger partial charge in [0, 0.05) is 18.9 Å². The van der Waals surface area contributed by atoms with Crippen LogP contribution in [0.5, 0.6) is 0 Å². The average molecular weight is 309 g/mol. The molecule has 1 N–H and O–H groups in total. The minimum Gasteiger partial charge on any atom is -0.469 e. The van der Waals surface area contributed by atoms with Crippen molar-refractivity contribution in [1.82, 2.24) is 10.3 Å². The van der Waals surface area contributed by atoms with Gasteiger partial charge in [-0.15, -0.1) is 0 Å². The van der Waals surface area contributed by atoms with Crippen LogP contribution in [-0.4, -0.2) is 18.1 Å². The quantitative estimate of drug-likeness (QED) is 0.830. The standard InChI is InChI=1S/C18H19N3O2/c1-18(11-17(22)23-2,16-6-8-20-9-7-16)21-13-15-5-3-4-14(10-15)12-19/h3-10,21H,11,13H2,1-2H3. The molecule has 0 saturated carbocycles. The number of nitrogens with one attached hydrogen (secondary N) is 1. The van der Waals surface area contributed by atoms with Gasteiger partial charge < -0.3 is 10.1 Å². The molecule has 0 amide bonds. The molecule has 0 aliphatic carbocycles. The molecule has 0 aliphatic heterocycles. The van der Waals surface area contributed by atoms with Gasteiger partial charge in [-0.1, -0.05) is 12.1 Å². The van der Waals surface area contributed by atoms with Crippen LogP contribution in [0.25, 0.3) is 0 Å². The molecule has 5 heteroatoms. The maximum Gasteiger partial charge on any atom is 0.307 e. The molecule has 2 aromatic rings. The van der Waals surface area contributed by atoms with Gasteiger partial charge in [0.25, 0.3) is 0 Å². The zero-order valence-electron chi connectivity index (χ0n) is 13.2. The molecule has 0 radical (unpaired) electrons. The number of benzene rings is 1. The van der Waals surface area contributed by atoms with Crippen molar-refractivity contribution in [2.45, 2.75) is 25.4 Å². The lowest BCUT2D eigenvalue weighted by molar-refractivity contribution is -0.142. The number of nitriles is 1. The van der Waals surface area contributed by atoms with Crippen LogP contribution in [0.3, 0.4) is 0 Å². The molecule has 1 aromatic carbocycles. The summed E-state index contributed by atoms with van der Waals surface area (Å²) in [5.41, 5.74) is 1.96. The summed E-state index contributed by atoms with van der Waals surface area (Å²) in [7, 11) is 1.38. The highest BCUT2D eigenvalue weighted by atomic mass is 16.5. The van der Waals surface area contributed by atoms with Crippen molar-refractivity contribution in [2.75, 3.05) is 7.11 Å². The van der Waals surface area contributed by atoms with Crippen molar-refractivity contribution in [3.05, 3.63) is 65.5 Å². The maximum atomic E-state index is 11.8. The molecular weight excluding hydrogens is 290 g/mol. The Bertz CT molecular complexity index is 710. The second kappa shape index (κ2) is 7.52. The summed E-state index contributed by atoms with van der Waals surface area (Å²) in [5.74, 6) is -0.289. The van der Waals surface area contributed by atoms with Crippen molar-refractivity contribution < 1.29 is 9.53 Å². The summed E-state index contributed by atoms with van der Waals surface area (Å²) in [4.78, 5) is 15.8. The lowest BCUT2D eigenvalue weighted by Gasteiger charge is -2.30. The predicted molar refractivity (Wildman–Crippen MR) is 86.2 cm³/mol. The Morgan fingerprint density at radius 1 is 1.35 bits per heavy atom. The molecule has 0 spiro atoms. The SMILES string of the molecule is COC(=O)CC(C)(NCc1cccc(C#N)c1)c1ccncc1. The third-order valence-electron chi connectivity index (χ3n) is 3.78. The third-order valence-corrected chi connectivity index (χ3v) is 3.78. The van der Waals surface area contributed by atoms with E-state index < -0.39 is 5.54 Å². The van der Waals surface area contributed by atoms with E-state index in [-0.39, 0.29) is 12.4 Å².